The zero-order valence-electron chi connectivity index (χ0n) is 11.3. The Balaban J connectivity index is 2.02. The summed E-state index contributed by atoms with van der Waals surface area (Å²) in [5.74, 6) is 1.65. The van der Waals surface area contributed by atoms with Crippen molar-refractivity contribution < 1.29 is 4.52 Å². The van der Waals surface area contributed by atoms with Crippen LogP contribution in [-0.4, -0.2) is 19.5 Å². The summed E-state index contributed by atoms with van der Waals surface area (Å²) in [5.41, 5.74) is 4.16. The van der Waals surface area contributed by atoms with Gasteiger partial charge in [0.2, 0.25) is 0 Å². The fraction of sp³-hybridized carbons (Fsp3) is 0.133. The van der Waals surface area contributed by atoms with Crippen LogP contribution in [0, 0.1) is 13.8 Å². The summed E-state index contributed by atoms with van der Waals surface area (Å²) >= 11 is 0. The van der Waals surface area contributed by atoms with E-state index in [0.29, 0.717) is 0 Å². The van der Waals surface area contributed by atoms with Crippen LogP contribution in [0.15, 0.2) is 42.6 Å². The standard InChI is InChI=1S/C15H14N5/c1-10-8-11(2)20-15(16-10)19-9-13(17-14(19)18-20)12-6-4-3-5-7-12/h3-9H,1-2H3,(H,17,18)/q+1. The summed E-state index contributed by atoms with van der Waals surface area (Å²) in [7, 11) is 0. The molecule has 0 saturated carbocycles. The van der Waals surface area contributed by atoms with Crippen LogP contribution < -0.4 is 4.52 Å². The van der Waals surface area contributed by atoms with E-state index in [1.54, 1.807) is 0 Å². The van der Waals surface area contributed by atoms with Crippen molar-refractivity contribution in [3.63, 3.8) is 0 Å². The number of aromatic nitrogens is 5. The fourth-order valence-corrected chi connectivity index (χ4v) is 2.52. The second kappa shape index (κ2) is 3.90. The zero-order valence-corrected chi connectivity index (χ0v) is 11.3. The van der Waals surface area contributed by atoms with E-state index in [2.05, 4.69) is 34.1 Å². The fourth-order valence-electron chi connectivity index (χ4n) is 2.52. The number of aryl methyl sites for hydroxylation is 2. The van der Waals surface area contributed by atoms with Gasteiger partial charge in [-0.3, -0.25) is 0 Å². The summed E-state index contributed by atoms with van der Waals surface area (Å²) in [6.45, 7) is 4.05. The Labute approximate surface area is 115 Å². The first-order valence-corrected chi connectivity index (χ1v) is 6.55. The number of H-pyrrole nitrogens is 1. The van der Waals surface area contributed by atoms with Crippen LogP contribution >= 0.6 is 0 Å². The maximum Gasteiger partial charge on any atom is 0.429 e. The van der Waals surface area contributed by atoms with Gasteiger partial charge in [0.15, 0.2) is 0 Å². The molecule has 0 spiro atoms. The van der Waals surface area contributed by atoms with E-state index in [4.69, 9.17) is 0 Å². The second-order valence-electron chi connectivity index (χ2n) is 4.97. The number of hydrogen-bond acceptors (Lipinski definition) is 2. The molecule has 0 aliphatic rings. The topological polar surface area (TPSA) is 50.1 Å². The number of imidazole rings is 1. The first-order valence-electron chi connectivity index (χ1n) is 6.55. The lowest BCUT2D eigenvalue weighted by Gasteiger charge is -1.93. The van der Waals surface area contributed by atoms with Gasteiger partial charge in [-0.25, -0.2) is 0 Å². The molecule has 3 aromatic heterocycles. The molecule has 4 aromatic rings. The maximum atomic E-state index is 4.64. The van der Waals surface area contributed by atoms with Gasteiger partial charge in [-0.15, -0.1) is 4.52 Å². The lowest BCUT2D eigenvalue weighted by molar-refractivity contribution is -0.585. The van der Waals surface area contributed by atoms with Crippen molar-refractivity contribution in [2.45, 2.75) is 13.8 Å². The van der Waals surface area contributed by atoms with E-state index >= 15 is 0 Å². The molecule has 0 aliphatic carbocycles. The molecule has 1 aromatic carbocycles. The maximum absolute atomic E-state index is 4.64. The van der Waals surface area contributed by atoms with Crippen molar-refractivity contribution in [1.29, 1.82) is 0 Å². The van der Waals surface area contributed by atoms with Gasteiger partial charge < -0.3 is 0 Å². The molecular weight excluding hydrogens is 250 g/mol. The van der Waals surface area contributed by atoms with E-state index in [0.717, 1.165) is 34.2 Å². The molecule has 5 heteroatoms. The Morgan fingerprint density at radius 2 is 1.90 bits per heavy atom. The van der Waals surface area contributed by atoms with Gasteiger partial charge >= 0.3 is 11.6 Å². The normalized spacial score (nSPS) is 11.5. The predicted octanol–water partition coefficient (Wildman–Crippen LogP) is 2.08. The SMILES string of the molecule is Cc1cc(C)[n+]2[nH]c3nc(-c4ccccc4)cn3c2n1. The zero-order chi connectivity index (χ0) is 13.7. The Morgan fingerprint density at radius 3 is 2.70 bits per heavy atom. The number of nitrogens with zero attached hydrogens (tertiary/aromatic N) is 4. The Morgan fingerprint density at radius 1 is 1.10 bits per heavy atom. The molecule has 0 unspecified atom stereocenters. The van der Waals surface area contributed by atoms with Crippen molar-refractivity contribution in [1.82, 2.24) is 19.5 Å². The van der Waals surface area contributed by atoms with E-state index in [9.17, 15) is 0 Å². The molecule has 0 amide bonds. The van der Waals surface area contributed by atoms with Gasteiger partial charge in [0, 0.05) is 11.6 Å². The monoisotopic (exact) mass is 264 g/mol. The Hall–Kier alpha value is -2.69. The third-order valence-electron chi connectivity index (χ3n) is 3.45. The molecule has 0 bridgehead atoms. The second-order valence-corrected chi connectivity index (χ2v) is 4.97. The number of aromatic amines is 1. The quantitative estimate of drug-likeness (QED) is 0.535. The predicted molar refractivity (Wildman–Crippen MR) is 75.4 cm³/mol. The first kappa shape index (κ1) is 11.2. The van der Waals surface area contributed by atoms with Crippen LogP contribution in [0.25, 0.3) is 22.8 Å². The van der Waals surface area contributed by atoms with Crippen LogP contribution in [0.3, 0.4) is 0 Å². The van der Waals surface area contributed by atoms with Crippen LogP contribution in [0.4, 0.5) is 0 Å². The number of hydrogen-bond donors (Lipinski definition) is 1. The van der Waals surface area contributed by atoms with E-state index in [-0.39, 0.29) is 0 Å². The lowest BCUT2D eigenvalue weighted by atomic mass is 10.2. The van der Waals surface area contributed by atoms with Gasteiger partial charge in [-0.05, 0) is 13.8 Å². The van der Waals surface area contributed by atoms with Gasteiger partial charge in [-0.2, -0.15) is 14.5 Å². The molecule has 0 saturated heterocycles. The molecule has 0 atom stereocenters. The summed E-state index contributed by atoms with van der Waals surface area (Å²) in [6, 6.07) is 12.2. The molecule has 5 nitrogen and oxygen atoms in total. The van der Waals surface area contributed by atoms with E-state index in [1.807, 2.05) is 46.3 Å². The minimum Gasteiger partial charge on any atom is -0.197 e. The van der Waals surface area contributed by atoms with Crippen LogP contribution in [0.1, 0.15) is 11.4 Å². The largest absolute Gasteiger partial charge is 0.429 e. The first-order chi connectivity index (χ1) is 9.72. The molecule has 0 fully saturated rings. The molecule has 3 heterocycles. The number of fused-ring (bicyclic) bond motifs is 3. The third kappa shape index (κ3) is 1.53. The third-order valence-corrected chi connectivity index (χ3v) is 3.45. The minimum atomic E-state index is 0.796. The summed E-state index contributed by atoms with van der Waals surface area (Å²) in [5, 5.41) is 3.27. The minimum absolute atomic E-state index is 0.796. The van der Waals surface area contributed by atoms with Crippen LogP contribution in [-0.2, 0) is 0 Å². The van der Waals surface area contributed by atoms with Crippen molar-refractivity contribution in [3.8, 4) is 11.3 Å². The molecule has 0 aliphatic heterocycles. The molecular formula is C15H14N5+. The summed E-state index contributed by atoms with van der Waals surface area (Å²) < 4.78 is 3.94. The lowest BCUT2D eigenvalue weighted by Crippen LogP contribution is -2.29. The van der Waals surface area contributed by atoms with E-state index in [1.165, 1.54) is 0 Å². The smallest absolute Gasteiger partial charge is 0.197 e. The Kier molecular flexibility index (Phi) is 2.18. The summed E-state index contributed by atoms with van der Waals surface area (Å²) in [4.78, 5) is 9.22. The highest BCUT2D eigenvalue weighted by Gasteiger charge is 2.19. The van der Waals surface area contributed by atoms with Crippen molar-refractivity contribution >= 4 is 11.6 Å². The number of nitrogens with one attached hydrogen (secondary N) is 1. The molecule has 1 N–H and O–H groups in total. The van der Waals surface area contributed by atoms with Crippen molar-refractivity contribution in [2.75, 3.05) is 0 Å². The van der Waals surface area contributed by atoms with Crippen LogP contribution in [0.5, 0.6) is 0 Å². The number of rotatable bonds is 1. The van der Waals surface area contributed by atoms with Crippen LogP contribution in [0.2, 0.25) is 0 Å². The van der Waals surface area contributed by atoms with Gasteiger partial charge in [0.25, 0.3) is 0 Å². The average molecular weight is 264 g/mol. The molecule has 0 radical (unpaired) electrons. The highest BCUT2D eigenvalue weighted by molar-refractivity contribution is 5.62. The van der Waals surface area contributed by atoms with Gasteiger partial charge in [0.1, 0.15) is 23.3 Å². The number of benzene rings is 1. The van der Waals surface area contributed by atoms with Crippen molar-refractivity contribution in [2.24, 2.45) is 0 Å². The van der Waals surface area contributed by atoms with Gasteiger partial charge in [-0.1, -0.05) is 35.3 Å². The molecule has 98 valence electrons. The molecule has 20 heavy (non-hydrogen) atoms. The average Bonchev–Trinajstić information content (AvgIpc) is 2.99. The molecule has 4 rings (SSSR count). The summed E-state index contributed by atoms with van der Waals surface area (Å²) in [6.07, 6.45) is 2.02. The highest BCUT2D eigenvalue weighted by Crippen LogP contribution is 2.18. The Bertz CT molecular complexity index is 918. The highest BCUT2D eigenvalue weighted by atomic mass is 15.4. The van der Waals surface area contributed by atoms with Crippen molar-refractivity contribution in [3.05, 3.63) is 54.0 Å². The van der Waals surface area contributed by atoms with Gasteiger partial charge in [0.05, 0.1) is 0 Å². The van der Waals surface area contributed by atoms with E-state index < -0.39 is 0 Å².